The van der Waals surface area contributed by atoms with Crippen LogP contribution in [0.25, 0.3) is 0 Å². The first-order valence-corrected chi connectivity index (χ1v) is 4.96. The van der Waals surface area contributed by atoms with Gasteiger partial charge >= 0.3 is 0 Å². The van der Waals surface area contributed by atoms with E-state index in [4.69, 9.17) is 10.3 Å². The minimum Gasteiger partial charge on any atom is -0.361 e. The second-order valence-corrected chi connectivity index (χ2v) is 3.92. The Bertz CT molecular complexity index is 333. The molecule has 15 heavy (non-hydrogen) atoms. The van der Waals surface area contributed by atoms with E-state index in [1.807, 2.05) is 13.8 Å². The van der Waals surface area contributed by atoms with Gasteiger partial charge < -0.3 is 15.6 Å². The maximum absolute atomic E-state index is 11.5. The fourth-order valence-corrected chi connectivity index (χ4v) is 1.10. The number of aromatic nitrogens is 1. The van der Waals surface area contributed by atoms with Crippen LogP contribution in [0.4, 0.5) is 0 Å². The Morgan fingerprint density at radius 1 is 1.67 bits per heavy atom. The molecule has 0 radical (unpaired) electrons. The summed E-state index contributed by atoms with van der Waals surface area (Å²) < 4.78 is 4.87. The molecule has 0 aliphatic rings. The zero-order valence-electron chi connectivity index (χ0n) is 9.28. The molecule has 1 rings (SSSR count). The number of nitrogens with one attached hydrogen (secondary N) is 1. The minimum atomic E-state index is -0.474. The van der Waals surface area contributed by atoms with E-state index in [1.54, 1.807) is 13.0 Å². The summed E-state index contributed by atoms with van der Waals surface area (Å²) >= 11 is 0. The lowest BCUT2D eigenvalue weighted by molar-refractivity contribution is -0.123. The summed E-state index contributed by atoms with van der Waals surface area (Å²) in [7, 11) is 0. The van der Waals surface area contributed by atoms with E-state index < -0.39 is 6.04 Å². The highest BCUT2D eigenvalue weighted by Crippen LogP contribution is 2.02. The smallest absolute Gasteiger partial charge is 0.237 e. The van der Waals surface area contributed by atoms with Crippen LogP contribution in [-0.4, -0.2) is 17.1 Å². The molecule has 0 aliphatic carbocycles. The maximum Gasteiger partial charge on any atom is 0.237 e. The van der Waals surface area contributed by atoms with Crippen molar-refractivity contribution in [3.8, 4) is 0 Å². The van der Waals surface area contributed by atoms with Crippen molar-refractivity contribution in [3.63, 3.8) is 0 Å². The van der Waals surface area contributed by atoms with Crippen molar-refractivity contribution in [3.05, 3.63) is 17.5 Å². The number of carbonyl (C=O) groups is 1. The lowest BCUT2D eigenvalue weighted by atomic mass is 10.1. The van der Waals surface area contributed by atoms with E-state index in [2.05, 4.69) is 10.5 Å². The molecule has 1 atom stereocenters. The van der Waals surface area contributed by atoms with Gasteiger partial charge in [-0.3, -0.25) is 4.79 Å². The molecule has 3 N–H and O–H groups in total. The molecule has 0 aliphatic heterocycles. The van der Waals surface area contributed by atoms with E-state index >= 15 is 0 Å². The highest BCUT2D eigenvalue weighted by atomic mass is 16.5. The molecule has 1 amide bonds. The third-order valence-corrected chi connectivity index (χ3v) is 2.14. The molecule has 0 bridgehead atoms. The standard InChI is InChI=1S/C10H17N3O2/c1-6(2)9(11)10(14)12-5-8-4-7(3)15-13-8/h4,6,9H,5,11H2,1-3H3,(H,12,14). The second kappa shape index (κ2) is 4.93. The Labute approximate surface area is 89.0 Å². The van der Waals surface area contributed by atoms with Gasteiger partial charge in [0, 0.05) is 6.07 Å². The van der Waals surface area contributed by atoms with Crippen molar-refractivity contribution >= 4 is 5.91 Å². The molecule has 1 unspecified atom stereocenters. The van der Waals surface area contributed by atoms with Gasteiger partial charge in [0.25, 0.3) is 0 Å². The van der Waals surface area contributed by atoms with E-state index in [-0.39, 0.29) is 11.8 Å². The number of nitrogens with two attached hydrogens (primary N) is 1. The van der Waals surface area contributed by atoms with Gasteiger partial charge in [0.1, 0.15) is 11.5 Å². The van der Waals surface area contributed by atoms with Crippen molar-refractivity contribution in [2.24, 2.45) is 11.7 Å². The molecule has 1 aromatic heterocycles. The van der Waals surface area contributed by atoms with E-state index in [9.17, 15) is 4.79 Å². The van der Waals surface area contributed by atoms with Crippen molar-refractivity contribution < 1.29 is 9.32 Å². The number of amides is 1. The first-order valence-electron chi connectivity index (χ1n) is 4.96. The molecule has 5 nitrogen and oxygen atoms in total. The van der Waals surface area contributed by atoms with Crippen molar-refractivity contribution in [2.45, 2.75) is 33.4 Å². The maximum atomic E-state index is 11.5. The topological polar surface area (TPSA) is 81.2 Å². The summed E-state index contributed by atoms with van der Waals surface area (Å²) in [6.45, 7) is 5.98. The zero-order chi connectivity index (χ0) is 11.4. The number of carbonyl (C=O) groups excluding carboxylic acids is 1. The quantitative estimate of drug-likeness (QED) is 0.763. The van der Waals surface area contributed by atoms with Crippen molar-refractivity contribution in [1.29, 1.82) is 0 Å². The fourth-order valence-electron chi connectivity index (χ4n) is 1.10. The molecule has 5 heteroatoms. The van der Waals surface area contributed by atoms with Crippen LogP contribution in [0.2, 0.25) is 0 Å². The summed E-state index contributed by atoms with van der Waals surface area (Å²) in [4.78, 5) is 11.5. The van der Waals surface area contributed by atoms with Gasteiger partial charge in [0.2, 0.25) is 5.91 Å². The summed E-state index contributed by atoms with van der Waals surface area (Å²) in [5.74, 6) is 0.696. The number of aryl methyl sites for hydroxylation is 1. The first kappa shape index (κ1) is 11.7. The van der Waals surface area contributed by atoms with Crippen LogP contribution in [0.3, 0.4) is 0 Å². The average molecular weight is 211 g/mol. The number of hydrogen-bond donors (Lipinski definition) is 2. The predicted molar refractivity (Wildman–Crippen MR) is 55.9 cm³/mol. The number of rotatable bonds is 4. The number of hydrogen-bond acceptors (Lipinski definition) is 4. The molecule has 1 aromatic rings. The molecule has 0 saturated heterocycles. The SMILES string of the molecule is Cc1cc(CNC(=O)C(N)C(C)C)no1. The van der Waals surface area contributed by atoms with Gasteiger partial charge in [-0.05, 0) is 12.8 Å². The minimum absolute atomic E-state index is 0.129. The Kier molecular flexibility index (Phi) is 3.85. The monoisotopic (exact) mass is 211 g/mol. The normalized spacial score (nSPS) is 12.9. The van der Waals surface area contributed by atoms with Gasteiger partial charge in [0.05, 0.1) is 12.6 Å². The Morgan fingerprint density at radius 3 is 2.80 bits per heavy atom. The molecule has 1 heterocycles. The lowest BCUT2D eigenvalue weighted by Gasteiger charge is -2.14. The van der Waals surface area contributed by atoms with Crippen LogP contribution in [-0.2, 0) is 11.3 Å². The van der Waals surface area contributed by atoms with Gasteiger partial charge in [-0.25, -0.2) is 0 Å². The van der Waals surface area contributed by atoms with E-state index in [0.717, 1.165) is 5.76 Å². The summed E-state index contributed by atoms with van der Waals surface area (Å²) in [6, 6.07) is 1.30. The van der Waals surface area contributed by atoms with Crippen LogP contribution in [0, 0.1) is 12.8 Å². The zero-order valence-corrected chi connectivity index (χ0v) is 9.28. The van der Waals surface area contributed by atoms with Crippen LogP contribution in [0.15, 0.2) is 10.6 Å². The van der Waals surface area contributed by atoms with Crippen LogP contribution < -0.4 is 11.1 Å². The molecular formula is C10H17N3O2. The number of nitrogens with zero attached hydrogens (tertiary/aromatic N) is 1. The van der Waals surface area contributed by atoms with Gasteiger partial charge in [-0.2, -0.15) is 0 Å². The van der Waals surface area contributed by atoms with Crippen molar-refractivity contribution in [1.82, 2.24) is 10.5 Å². The van der Waals surface area contributed by atoms with Crippen LogP contribution in [0.1, 0.15) is 25.3 Å². The Hall–Kier alpha value is -1.36. The molecule has 84 valence electrons. The van der Waals surface area contributed by atoms with E-state index in [0.29, 0.717) is 12.2 Å². The Morgan fingerprint density at radius 2 is 2.33 bits per heavy atom. The van der Waals surface area contributed by atoms with Crippen LogP contribution >= 0.6 is 0 Å². The highest BCUT2D eigenvalue weighted by molar-refractivity contribution is 5.81. The van der Waals surface area contributed by atoms with Gasteiger partial charge in [-0.1, -0.05) is 19.0 Å². The largest absolute Gasteiger partial charge is 0.361 e. The summed E-state index contributed by atoms with van der Waals surface area (Å²) in [5.41, 5.74) is 6.38. The van der Waals surface area contributed by atoms with Gasteiger partial charge in [0.15, 0.2) is 0 Å². The highest BCUT2D eigenvalue weighted by Gasteiger charge is 2.16. The third kappa shape index (κ3) is 3.36. The average Bonchev–Trinajstić information content (AvgIpc) is 2.59. The molecule has 0 saturated carbocycles. The van der Waals surface area contributed by atoms with Crippen LogP contribution in [0.5, 0.6) is 0 Å². The first-order chi connectivity index (χ1) is 7.00. The van der Waals surface area contributed by atoms with E-state index in [1.165, 1.54) is 0 Å². The second-order valence-electron chi connectivity index (χ2n) is 3.92. The van der Waals surface area contributed by atoms with Gasteiger partial charge in [-0.15, -0.1) is 0 Å². The van der Waals surface area contributed by atoms with Crippen molar-refractivity contribution in [2.75, 3.05) is 0 Å². The molecular weight excluding hydrogens is 194 g/mol. The third-order valence-electron chi connectivity index (χ3n) is 2.14. The molecule has 0 aromatic carbocycles. The lowest BCUT2D eigenvalue weighted by Crippen LogP contribution is -2.43. The Balaban J connectivity index is 2.40. The molecule has 0 fully saturated rings. The fraction of sp³-hybridized carbons (Fsp3) is 0.600. The summed E-state index contributed by atoms with van der Waals surface area (Å²) in [5, 5.41) is 6.47. The summed E-state index contributed by atoms with van der Waals surface area (Å²) in [6.07, 6.45) is 0. The molecule has 0 spiro atoms. The predicted octanol–water partition coefficient (Wildman–Crippen LogP) is 0.583.